The molecule has 17 heavy (non-hydrogen) atoms. The van der Waals surface area contributed by atoms with E-state index in [1.807, 2.05) is 30.3 Å². The van der Waals surface area contributed by atoms with Crippen molar-refractivity contribution in [3.05, 3.63) is 30.3 Å². The van der Waals surface area contributed by atoms with Gasteiger partial charge in [0.2, 0.25) is 0 Å². The predicted molar refractivity (Wildman–Crippen MR) is 68.2 cm³/mol. The first-order valence-electron chi connectivity index (χ1n) is 6.40. The Morgan fingerprint density at radius 2 is 2.00 bits per heavy atom. The highest BCUT2D eigenvalue weighted by molar-refractivity contribution is 7.85. The molecule has 1 aromatic rings. The lowest BCUT2D eigenvalue weighted by atomic mass is 9.61. The number of fused-ring (bicyclic) bond motifs is 1. The molecule has 2 aliphatic rings. The van der Waals surface area contributed by atoms with Gasteiger partial charge in [0.15, 0.2) is 0 Å². The predicted octanol–water partition coefficient (Wildman–Crippen LogP) is 2.49. The van der Waals surface area contributed by atoms with Gasteiger partial charge in [0.05, 0.1) is 21.7 Å². The molecule has 0 amide bonds. The van der Waals surface area contributed by atoms with E-state index < -0.39 is 16.4 Å². The Kier molecular flexibility index (Phi) is 2.83. The molecule has 3 rings (SSSR count). The summed E-state index contributed by atoms with van der Waals surface area (Å²) in [5.74, 6) is 0.397. The summed E-state index contributed by atoms with van der Waals surface area (Å²) in [6, 6.07) is 9.55. The Morgan fingerprint density at radius 1 is 1.24 bits per heavy atom. The van der Waals surface area contributed by atoms with E-state index in [0.29, 0.717) is 5.92 Å². The number of aliphatic hydroxyl groups is 1. The van der Waals surface area contributed by atoms with Crippen LogP contribution in [0.1, 0.15) is 32.1 Å². The smallest absolute Gasteiger partial charge is 0.0822 e. The highest BCUT2D eigenvalue weighted by Crippen LogP contribution is 2.51. The van der Waals surface area contributed by atoms with Crippen LogP contribution >= 0.6 is 0 Å². The Hall–Kier alpha value is -0.670. The van der Waals surface area contributed by atoms with E-state index in [9.17, 15) is 9.32 Å². The summed E-state index contributed by atoms with van der Waals surface area (Å²) >= 11 is 0. The van der Waals surface area contributed by atoms with Crippen LogP contribution in [0.4, 0.5) is 0 Å². The van der Waals surface area contributed by atoms with E-state index in [1.54, 1.807) is 0 Å². The van der Waals surface area contributed by atoms with E-state index in [-0.39, 0.29) is 5.25 Å². The molecule has 0 radical (unpaired) electrons. The lowest BCUT2D eigenvalue weighted by molar-refractivity contribution is -0.113. The first-order chi connectivity index (χ1) is 8.22. The Labute approximate surface area is 105 Å². The molecule has 1 N–H and O–H groups in total. The van der Waals surface area contributed by atoms with Crippen molar-refractivity contribution >= 4 is 10.8 Å². The molecule has 0 bridgehead atoms. The maximum atomic E-state index is 12.4. The van der Waals surface area contributed by atoms with Crippen LogP contribution in [0.25, 0.3) is 0 Å². The quantitative estimate of drug-likeness (QED) is 0.875. The number of hydrogen-bond donors (Lipinski definition) is 1. The highest BCUT2D eigenvalue weighted by Gasteiger charge is 2.57. The van der Waals surface area contributed by atoms with Crippen LogP contribution in [-0.2, 0) is 10.8 Å². The van der Waals surface area contributed by atoms with Crippen molar-refractivity contribution in [3.8, 4) is 0 Å². The van der Waals surface area contributed by atoms with Crippen molar-refractivity contribution in [2.75, 3.05) is 0 Å². The third kappa shape index (κ3) is 1.76. The molecule has 0 heterocycles. The zero-order valence-corrected chi connectivity index (χ0v) is 10.7. The van der Waals surface area contributed by atoms with E-state index in [0.717, 1.165) is 30.6 Å². The van der Waals surface area contributed by atoms with Gasteiger partial charge in [0.1, 0.15) is 0 Å². The molecule has 2 saturated carbocycles. The summed E-state index contributed by atoms with van der Waals surface area (Å²) in [7, 11) is -1.05. The van der Waals surface area contributed by atoms with Crippen molar-refractivity contribution in [1.82, 2.24) is 0 Å². The first-order valence-corrected chi connectivity index (χ1v) is 7.61. The minimum atomic E-state index is -1.05. The molecule has 1 unspecified atom stereocenters. The molecule has 0 spiro atoms. The van der Waals surface area contributed by atoms with Crippen LogP contribution in [0.2, 0.25) is 0 Å². The molecule has 0 aromatic heterocycles. The van der Waals surface area contributed by atoms with Gasteiger partial charge >= 0.3 is 0 Å². The van der Waals surface area contributed by atoms with Gasteiger partial charge in [0.25, 0.3) is 0 Å². The van der Waals surface area contributed by atoms with Crippen LogP contribution < -0.4 is 0 Å². The Balaban J connectivity index is 1.81. The molecular formula is C14H18O2S. The fourth-order valence-corrected chi connectivity index (χ4v) is 5.13. The number of rotatable bonds is 2. The molecule has 2 nitrogen and oxygen atoms in total. The van der Waals surface area contributed by atoms with Crippen molar-refractivity contribution in [2.45, 2.75) is 47.9 Å². The average Bonchev–Trinajstić information content (AvgIpc) is 2.36. The second-order valence-electron chi connectivity index (χ2n) is 5.27. The summed E-state index contributed by atoms with van der Waals surface area (Å²) in [6.45, 7) is 0. The van der Waals surface area contributed by atoms with E-state index in [4.69, 9.17) is 0 Å². The lowest BCUT2D eigenvalue weighted by Crippen LogP contribution is -2.62. The molecule has 2 aliphatic carbocycles. The summed E-state index contributed by atoms with van der Waals surface area (Å²) in [6.07, 6.45) is 5.17. The normalized spacial score (nSPS) is 37.9. The van der Waals surface area contributed by atoms with Crippen LogP contribution in [-0.4, -0.2) is 20.2 Å². The summed E-state index contributed by atoms with van der Waals surface area (Å²) in [4.78, 5) is 0.856. The van der Waals surface area contributed by atoms with Crippen LogP contribution in [0, 0.1) is 5.92 Å². The maximum absolute atomic E-state index is 12.4. The molecular weight excluding hydrogens is 232 g/mol. The van der Waals surface area contributed by atoms with Gasteiger partial charge in [-0.15, -0.1) is 0 Å². The number of hydrogen-bond acceptors (Lipinski definition) is 2. The van der Waals surface area contributed by atoms with Crippen LogP contribution in [0.15, 0.2) is 35.2 Å². The lowest BCUT2D eigenvalue weighted by Gasteiger charge is -2.54. The molecule has 2 fully saturated rings. The van der Waals surface area contributed by atoms with Crippen molar-refractivity contribution in [2.24, 2.45) is 5.92 Å². The molecule has 92 valence electrons. The standard InChI is InChI=1S/C14H18O2S/c15-14-9-5-4-6-11(14)10-13(14)17(16)12-7-2-1-3-8-12/h1-3,7-8,11,13,15H,4-6,9-10H2/t11-,13-,14+,17?/m0/s1. The van der Waals surface area contributed by atoms with Crippen molar-refractivity contribution in [1.29, 1.82) is 0 Å². The second-order valence-corrected chi connectivity index (χ2v) is 6.90. The molecule has 0 aliphatic heterocycles. The van der Waals surface area contributed by atoms with Gasteiger partial charge in [-0.25, -0.2) is 0 Å². The average molecular weight is 250 g/mol. The van der Waals surface area contributed by atoms with Crippen molar-refractivity contribution in [3.63, 3.8) is 0 Å². The fourth-order valence-electron chi connectivity index (χ4n) is 3.29. The van der Waals surface area contributed by atoms with Gasteiger partial charge in [-0.2, -0.15) is 0 Å². The third-order valence-corrected chi connectivity index (χ3v) is 6.23. The highest BCUT2D eigenvalue weighted by atomic mass is 32.2. The van der Waals surface area contributed by atoms with E-state index >= 15 is 0 Å². The second kappa shape index (κ2) is 4.21. The molecule has 0 saturated heterocycles. The largest absolute Gasteiger partial charge is 0.388 e. The van der Waals surface area contributed by atoms with Crippen LogP contribution in [0.3, 0.4) is 0 Å². The molecule has 4 atom stereocenters. The van der Waals surface area contributed by atoms with Gasteiger partial charge in [-0.3, -0.25) is 4.21 Å². The summed E-state index contributed by atoms with van der Waals surface area (Å²) < 4.78 is 12.4. The van der Waals surface area contributed by atoms with Gasteiger partial charge in [-0.05, 0) is 37.3 Å². The zero-order chi connectivity index (χ0) is 11.9. The monoisotopic (exact) mass is 250 g/mol. The third-order valence-electron chi connectivity index (χ3n) is 4.38. The Bertz CT molecular complexity index is 431. The molecule has 1 aromatic carbocycles. The Morgan fingerprint density at radius 3 is 2.71 bits per heavy atom. The minimum absolute atomic E-state index is 0.0461. The maximum Gasteiger partial charge on any atom is 0.0822 e. The van der Waals surface area contributed by atoms with Gasteiger partial charge in [0, 0.05) is 4.90 Å². The fraction of sp³-hybridized carbons (Fsp3) is 0.571. The summed E-state index contributed by atoms with van der Waals surface area (Å²) in [5.41, 5.74) is -0.640. The first kappa shape index (κ1) is 11.4. The van der Waals surface area contributed by atoms with E-state index in [1.165, 1.54) is 6.42 Å². The van der Waals surface area contributed by atoms with Gasteiger partial charge in [-0.1, -0.05) is 31.0 Å². The van der Waals surface area contributed by atoms with Crippen molar-refractivity contribution < 1.29 is 9.32 Å². The van der Waals surface area contributed by atoms with Gasteiger partial charge < -0.3 is 5.11 Å². The summed E-state index contributed by atoms with van der Waals surface area (Å²) in [5, 5.41) is 10.6. The molecule has 3 heteroatoms. The topological polar surface area (TPSA) is 37.3 Å². The number of benzene rings is 1. The zero-order valence-electron chi connectivity index (χ0n) is 9.84. The SMILES string of the molecule is O=S(c1ccccc1)[C@H]1C[C@@H]2CCCC[C@@]21O. The minimum Gasteiger partial charge on any atom is -0.388 e. The van der Waals surface area contributed by atoms with Crippen LogP contribution in [0.5, 0.6) is 0 Å². The van der Waals surface area contributed by atoms with E-state index in [2.05, 4.69) is 0 Å².